The fourth-order valence-corrected chi connectivity index (χ4v) is 3.69. The summed E-state index contributed by atoms with van der Waals surface area (Å²) in [6.07, 6.45) is 4.07. The molecule has 2 N–H and O–H groups in total. The number of carbonyl (C=O) groups excluding carboxylic acids is 1. The summed E-state index contributed by atoms with van der Waals surface area (Å²) < 4.78 is 28.4. The molecule has 1 aromatic heterocycles. The van der Waals surface area contributed by atoms with Gasteiger partial charge in [0.05, 0.1) is 5.69 Å². The molecular formula is C18H20F2N4O. The van der Waals surface area contributed by atoms with E-state index < -0.39 is 11.6 Å². The second-order valence-electron chi connectivity index (χ2n) is 6.77. The molecule has 0 bridgehead atoms. The van der Waals surface area contributed by atoms with E-state index in [1.807, 2.05) is 0 Å². The monoisotopic (exact) mass is 346 g/mol. The molecule has 2 heterocycles. The average molecular weight is 346 g/mol. The summed E-state index contributed by atoms with van der Waals surface area (Å²) in [5, 5.41) is 4.47. The smallest absolute Gasteiger partial charge is 0.274 e. The SMILES string of the molecule is NC1CCN(C(=O)c2nn(-c3ccc(F)c(F)c3)c3c2CCC3)CC1. The van der Waals surface area contributed by atoms with Crippen LogP contribution >= 0.6 is 0 Å². The summed E-state index contributed by atoms with van der Waals surface area (Å²) in [6.45, 7) is 1.26. The molecule has 1 aromatic carbocycles. The van der Waals surface area contributed by atoms with Gasteiger partial charge < -0.3 is 10.6 Å². The molecule has 2 aliphatic rings. The van der Waals surface area contributed by atoms with Crippen molar-refractivity contribution < 1.29 is 13.6 Å². The number of rotatable bonds is 2. The summed E-state index contributed by atoms with van der Waals surface area (Å²) in [5.41, 5.74) is 8.64. The van der Waals surface area contributed by atoms with Crippen LogP contribution in [0.5, 0.6) is 0 Å². The molecule has 0 radical (unpaired) electrons. The lowest BCUT2D eigenvalue weighted by atomic mass is 10.1. The summed E-state index contributed by atoms with van der Waals surface area (Å²) in [6, 6.07) is 3.84. The number of carbonyl (C=O) groups is 1. The molecule has 7 heteroatoms. The molecule has 0 unspecified atom stereocenters. The van der Waals surface area contributed by atoms with Gasteiger partial charge in [0.15, 0.2) is 17.3 Å². The molecule has 1 aliphatic carbocycles. The van der Waals surface area contributed by atoms with Crippen LogP contribution in [0.2, 0.25) is 0 Å². The van der Waals surface area contributed by atoms with E-state index in [2.05, 4.69) is 5.10 Å². The molecular weight excluding hydrogens is 326 g/mol. The van der Waals surface area contributed by atoms with Gasteiger partial charge in [0, 0.05) is 36.5 Å². The van der Waals surface area contributed by atoms with Crippen LogP contribution < -0.4 is 5.73 Å². The number of benzene rings is 1. The Balaban J connectivity index is 1.70. The summed E-state index contributed by atoms with van der Waals surface area (Å²) >= 11 is 0. The minimum atomic E-state index is -0.919. The van der Waals surface area contributed by atoms with E-state index in [0.717, 1.165) is 55.5 Å². The maximum absolute atomic E-state index is 13.6. The lowest BCUT2D eigenvalue weighted by Gasteiger charge is -2.29. The van der Waals surface area contributed by atoms with Crippen LogP contribution in [0.25, 0.3) is 5.69 Å². The van der Waals surface area contributed by atoms with Gasteiger partial charge >= 0.3 is 0 Å². The number of fused-ring (bicyclic) bond motifs is 1. The Kier molecular flexibility index (Phi) is 4.03. The topological polar surface area (TPSA) is 64.2 Å². The molecule has 4 rings (SSSR count). The van der Waals surface area contributed by atoms with Gasteiger partial charge in [0.1, 0.15) is 0 Å². The van der Waals surface area contributed by atoms with Crippen molar-refractivity contribution in [3.8, 4) is 5.69 Å². The quantitative estimate of drug-likeness (QED) is 0.907. The zero-order valence-corrected chi connectivity index (χ0v) is 13.8. The van der Waals surface area contributed by atoms with E-state index in [9.17, 15) is 13.6 Å². The van der Waals surface area contributed by atoms with E-state index in [1.54, 1.807) is 9.58 Å². The maximum atomic E-state index is 13.6. The van der Waals surface area contributed by atoms with Crippen molar-refractivity contribution in [2.24, 2.45) is 5.73 Å². The lowest BCUT2D eigenvalue weighted by Crippen LogP contribution is -2.43. The van der Waals surface area contributed by atoms with Crippen molar-refractivity contribution in [1.82, 2.24) is 14.7 Å². The molecule has 0 atom stereocenters. The Bertz CT molecular complexity index is 825. The van der Waals surface area contributed by atoms with Crippen molar-refractivity contribution in [3.05, 3.63) is 46.8 Å². The first-order valence-electron chi connectivity index (χ1n) is 8.65. The molecule has 5 nitrogen and oxygen atoms in total. The normalized spacial score (nSPS) is 17.8. The van der Waals surface area contributed by atoms with Gasteiger partial charge in [-0.1, -0.05) is 0 Å². The number of aromatic nitrogens is 2. The number of nitrogens with two attached hydrogens (primary N) is 1. The molecule has 1 fully saturated rings. The first-order chi connectivity index (χ1) is 12.0. The van der Waals surface area contributed by atoms with Crippen molar-refractivity contribution in [2.45, 2.75) is 38.1 Å². The number of likely N-dealkylation sites (tertiary alicyclic amines) is 1. The minimum Gasteiger partial charge on any atom is -0.337 e. The molecule has 1 amide bonds. The average Bonchev–Trinajstić information content (AvgIpc) is 3.20. The van der Waals surface area contributed by atoms with Gasteiger partial charge in [0.2, 0.25) is 0 Å². The summed E-state index contributed by atoms with van der Waals surface area (Å²) in [5.74, 6) is -1.91. The summed E-state index contributed by atoms with van der Waals surface area (Å²) in [4.78, 5) is 14.7. The van der Waals surface area contributed by atoms with Crippen molar-refractivity contribution >= 4 is 5.91 Å². The third-order valence-electron chi connectivity index (χ3n) is 5.11. The highest BCUT2D eigenvalue weighted by Gasteiger charge is 2.31. The molecule has 1 aliphatic heterocycles. The molecule has 25 heavy (non-hydrogen) atoms. The van der Waals surface area contributed by atoms with Crippen LogP contribution in [0.1, 0.15) is 41.0 Å². The van der Waals surface area contributed by atoms with Gasteiger partial charge in [-0.3, -0.25) is 4.79 Å². The zero-order valence-electron chi connectivity index (χ0n) is 13.8. The first-order valence-corrected chi connectivity index (χ1v) is 8.65. The van der Waals surface area contributed by atoms with Crippen LogP contribution in [-0.4, -0.2) is 39.7 Å². The largest absolute Gasteiger partial charge is 0.337 e. The van der Waals surface area contributed by atoms with E-state index in [1.165, 1.54) is 6.07 Å². The predicted octanol–water partition coefficient (Wildman–Crippen LogP) is 2.20. The number of hydrogen-bond acceptors (Lipinski definition) is 3. The highest BCUT2D eigenvalue weighted by atomic mass is 19.2. The first kappa shape index (κ1) is 16.2. The maximum Gasteiger partial charge on any atom is 0.274 e. The lowest BCUT2D eigenvalue weighted by molar-refractivity contribution is 0.0707. The van der Waals surface area contributed by atoms with Crippen LogP contribution in [0.4, 0.5) is 8.78 Å². The highest BCUT2D eigenvalue weighted by molar-refractivity contribution is 5.94. The van der Waals surface area contributed by atoms with E-state index in [0.29, 0.717) is 24.5 Å². The molecule has 1 saturated heterocycles. The number of hydrogen-bond donors (Lipinski definition) is 1. The van der Waals surface area contributed by atoms with Crippen LogP contribution in [0, 0.1) is 11.6 Å². The van der Waals surface area contributed by atoms with Crippen molar-refractivity contribution in [2.75, 3.05) is 13.1 Å². The number of nitrogens with zero attached hydrogens (tertiary/aromatic N) is 3. The van der Waals surface area contributed by atoms with Gasteiger partial charge in [0.25, 0.3) is 5.91 Å². The van der Waals surface area contributed by atoms with Crippen LogP contribution in [-0.2, 0) is 12.8 Å². The molecule has 0 spiro atoms. The van der Waals surface area contributed by atoms with Crippen LogP contribution in [0.15, 0.2) is 18.2 Å². The standard InChI is InChI=1S/C18H20F2N4O/c19-14-5-4-12(10-15(14)20)24-16-3-1-2-13(16)17(22-24)18(25)23-8-6-11(21)7-9-23/h4-5,10-11H,1-3,6-9,21H2. The second kappa shape index (κ2) is 6.22. The second-order valence-corrected chi connectivity index (χ2v) is 6.77. The Morgan fingerprint density at radius 2 is 1.92 bits per heavy atom. The molecule has 2 aromatic rings. The zero-order chi connectivity index (χ0) is 17.6. The van der Waals surface area contributed by atoms with Gasteiger partial charge in [-0.2, -0.15) is 5.10 Å². The predicted molar refractivity (Wildman–Crippen MR) is 88.6 cm³/mol. The van der Waals surface area contributed by atoms with E-state index in [4.69, 9.17) is 5.73 Å². The van der Waals surface area contributed by atoms with Gasteiger partial charge in [-0.05, 0) is 44.2 Å². The van der Waals surface area contributed by atoms with E-state index >= 15 is 0 Å². The third-order valence-corrected chi connectivity index (χ3v) is 5.11. The van der Waals surface area contributed by atoms with Gasteiger partial charge in [-0.15, -0.1) is 0 Å². The van der Waals surface area contributed by atoms with Crippen molar-refractivity contribution in [3.63, 3.8) is 0 Å². The Morgan fingerprint density at radius 1 is 1.16 bits per heavy atom. The Labute approximate surface area is 144 Å². The third kappa shape index (κ3) is 2.82. The van der Waals surface area contributed by atoms with Crippen LogP contribution in [0.3, 0.4) is 0 Å². The van der Waals surface area contributed by atoms with Crippen molar-refractivity contribution in [1.29, 1.82) is 0 Å². The number of halogens is 2. The summed E-state index contributed by atoms with van der Waals surface area (Å²) in [7, 11) is 0. The minimum absolute atomic E-state index is 0.0913. The Morgan fingerprint density at radius 3 is 2.64 bits per heavy atom. The Hall–Kier alpha value is -2.28. The number of piperidine rings is 1. The molecule has 0 saturated carbocycles. The molecule has 132 valence electrons. The number of amides is 1. The van der Waals surface area contributed by atoms with Gasteiger partial charge in [-0.25, -0.2) is 13.5 Å². The fraction of sp³-hybridized carbons (Fsp3) is 0.444. The van der Waals surface area contributed by atoms with E-state index in [-0.39, 0.29) is 11.9 Å². The fourth-order valence-electron chi connectivity index (χ4n) is 3.69. The highest BCUT2D eigenvalue weighted by Crippen LogP contribution is 2.29.